The first-order valence-electron chi connectivity index (χ1n) is 6.02. The van der Waals surface area contributed by atoms with E-state index in [-0.39, 0.29) is 24.0 Å². The number of amides is 1. The first kappa shape index (κ1) is 15.4. The van der Waals surface area contributed by atoms with Crippen LogP contribution in [0.15, 0.2) is 0 Å². The number of hydrogen-bond acceptors (Lipinski definition) is 3. The van der Waals surface area contributed by atoms with Gasteiger partial charge in [0.1, 0.15) is 0 Å². The lowest BCUT2D eigenvalue weighted by molar-refractivity contribution is -0.122. The second-order valence-corrected chi connectivity index (χ2v) is 5.24. The van der Waals surface area contributed by atoms with Crippen LogP contribution in [0.2, 0.25) is 0 Å². The van der Waals surface area contributed by atoms with Gasteiger partial charge in [0.25, 0.3) is 0 Å². The summed E-state index contributed by atoms with van der Waals surface area (Å²) in [6.45, 7) is 6.92. The van der Waals surface area contributed by atoms with Gasteiger partial charge >= 0.3 is 0 Å². The van der Waals surface area contributed by atoms with Gasteiger partial charge in [-0.2, -0.15) is 0 Å². The zero-order valence-electron chi connectivity index (χ0n) is 10.8. The monoisotopic (exact) mass is 230 g/mol. The molecule has 0 aromatic rings. The van der Waals surface area contributed by atoms with E-state index in [1.165, 1.54) is 0 Å². The minimum absolute atomic E-state index is 0.0216. The first-order chi connectivity index (χ1) is 7.41. The van der Waals surface area contributed by atoms with Crippen molar-refractivity contribution in [2.75, 3.05) is 13.2 Å². The molecule has 0 aromatic heterocycles. The van der Waals surface area contributed by atoms with Crippen LogP contribution in [0.1, 0.15) is 46.5 Å². The summed E-state index contributed by atoms with van der Waals surface area (Å²) in [6.07, 6.45) is 2.84. The zero-order chi connectivity index (χ0) is 12.6. The van der Waals surface area contributed by atoms with Crippen LogP contribution in [0.25, 0.3) is 0 Å². The van der Waals surface area contributed by atoms with E-state index < -0.39 is 0 Å². The Kier molecular flexibility index (Phi) is 7.34. The molecule has 4 N–H and O–H groups in total. The molecule has 1 atom stereocenters. The fraction of sp³-hybridized carbons (Fsp3) is 0.917. The fourth-order valence-electron chi connectivity index (χ4n) is 1.55. The number of carbonyl (C=O) groups is 1. The topological polar surface area (TPSA) is 75.3 Å². The molecule has 4 heteroatoms. The van der Waals surface area contributed by atoms with Crippen molar-refractivity contribution in [2.45, 2.75) is 52.5 Å². The molecule has 0 heterocycles. The van der Waals surface area contributed by atoms with E-state index in [0.29, 0.717) is 19.4 Å². The van der Waals surface area contributed by atoms with Gasteiger partial charge in [0.2, 0.25) is 5.91 Å². The van der Waals surface area contributed by atoms with Gasteiger partial charge in [-0.25, -0.2) is 0 Å². The highest BCUT2D eigenvalue weighted by Crippen LogP contribution is 2.21. The molecule has 0 radical (unpaired) electrons. The second kappa shape index (κ2) is 7.63. The molecule has 0 spiro atoms. The molecule has 0 aliphatic rings. The Labute approximate surface area is 98.6 Å². The molecular weight excluding hydrogens is 204 g/mol. The Morgan fingerprint density at radius 3 is 2.44 bits per heavy atom. The summed E-state index contributed by atoms with van der Waals surface area (Å²) in [5, 5.41) is 11.9. The number of aliphatic hydroxyl groups is 1. The third kappa shape index (κ3) is 6.80. The molecule has 0 aliphatic heterocycles. The van der Waals surface area contributed by atoms with Gasteiger partial charge < -0.3 is 16.2 Å². The number of unbranched alkanes of at least 4 members (excludes halogenated alkanes) is 1. The Balaban J connectivity index is 4.04. The van der Waals surface area contributed by atoms with Crippen LogP contribution in [0.3, 0.4) is 0 Å². The fourth-order valence-corrected chi connectivity index (χ4v) is 1.55. The van der Waals surface area contributed by atoms with Crippen LogP contribution in [-0.4, -0.2) is 30.2 Å². The van der Waals surface area contributed by atoms with Crippen molar-refractivity contribution in [3.8, 4) is 0 Å². The average Bonchev–Trinajstić information content (AvgIpc) is 2.16. The highest BCUT2D eigenvalue weighted by Gasteiger charge is 2.25. The van der Waals surface area contributed by atoms with Crippen LogP contribution in [0.5, 0.6) is 0 Å². The van der Waals surface area contributed by atoms with Crippen LogP contribution < -0.4 is 11.1 Å². The van der Waals surface area contributed by atoms with E-state index in [9.17, 15) is 4.79 Å². The minimum atomic E-state index is -0.0216. The smallest absolute Gasteiger partial charge is 0.220 e. The van der Waals surface area contributed by atoms with Gasteiger partial charge in [-0.05, 0) is 31.2 Å². The molecule has 4 nitrogen and oxygen atoms in total. The average molecular weight is 230 g/mol. The molecule has 96 valence electrons. The summed E-state index contributed by atoms with van der Waals surface area (Å²) in [5.74, 6) is 0.0572. The largest absolute Gasteiger partial charge is 0.396 e. The molecule has 1 amide bonds. The Morgan fingerprint density at radius 2 is 2.00 bits per heavy atom. The lowest BCUT2D eigenvalue weighted by Gasteiger charge is -2.31. The minimum Gasteiger partial charge on any atom is -0.396 e. The van der Waals surface area contributed by atoms with E-state index in [1.54, 1.807) is 0 Å². The summed E-state index contributed by atoms with van der Waals surface area (Å²) in [7, 11) is 0. The van der Waals surface area contributed by atoms with Gasteiger partial charge in [-0.1, -0.05) is 20.8 Å². The third-order valence-electron chi connectivity index (χ3n) is 2.66. The predicted octanol–water partition coefficient (Wildman–Crippen LogP) is 1.03. The van der Waals surface area contributed by atoms with E-state index >= 15 is 0 Å². The van der Waals surface area contributed by atoms with Gasteiger partial charge in [0, 0.05) is 19.1 Å². The van der Waals surface area contributed by atoms with Gasteiger partial charge in [0.05, 0.1) is 0 Å². The second-order valence-electron chi connectivity index (χ2n) is 5.24. The van der Waals surface area contributed by atoms with E-state index in [1.807, 2.05) is 0 Å². The van der Waals surface area contributed by atoms with Gasteiger partial charge in [-0.15, -0.1) is 0 Å². The van der Waals surface area contributed by atoms with Crippen molar-refractivity contribution in [3.05, 3.63) is 0 Å². The molecule has 0 bridgehead atoms. The van der Waals surface area contributed by atoms with Crippen LogP contribution in [0, 0.1) is 5.41 Å². The maximum atomic E-state index is 11.6. The lowest BCUT2D eigenvalue weighted by atomic mass is 9.85. The van der Waals surface area contributed by atoms with E-state index in [4.69, 9.17) is 10.8 Å². The summed E-state index contributed by atoms with van der Waals surface area (Å²) < 4.78 is 0. The first-order valence-corrected chi connectivity index (χ1v) is 6.02. The highest BCUT2D eigenvalue weighted by molar-refractivity contribution is 5.76. The quantitative estimate of drug-likeness (QED) is 0.572. The van der Waals surface area contributed by atoms with Crippen molar-refractivity contribution in [1.29, 1.82) is 0 Å². The molecule has 0 saturated carbocycles. The number of carbonyl (C=O) groups excluding carboxylic acids is 1. The Hall–Kier alpha value is -0.610. The SMILES string of the molecule is CC(C)(C)C(CCO)NC(=O)CCCCN. The number of aliphatic hydroxyl groups excluding tert-OH is 1. The molecule has 16 heavy (non-hydrogen) atoms. The standard InChI is InChI=1S/C12H26N2O2/c1-12(2,3)10(7-9-15)14-11(16)6-4-5-8-13/h10,15H,4-9,13H2,1-3H3,(H,14,16). The summed E-state index contributed by atoms with van der Waals surface area (Å²) in [4.78, 5) is 11.6. The molecule has 0 fully saturated rings. The maximum Gasteiger partial charge on any atom is 0.220 e. The van der Waals surface area contributed by atoms with Gasteiger partial charge in [-0.3, -0.25) is 4.79 Å². The lowest BCUT2D eigenvalue weighted by Crippen LogP contribution is -2.44. The molecule has 1 unspecified atom stereocenters. The Bertz CT molecular complexity index is 200. The third-order valence-corrected chi connectivity index (χ3v) is 2.66. The molecule has 0 aromatic carbocycles. The van der Waals surface area contributed by atoms with Crippen molar-refractivity contribution in [2.24, 2.45) is 11.1 Å². The van der Waals surface area contributed by atoms with Gasteiger partial charge in [0.15, 0.2) is 0 Å². The number of nitrogens with two attached hydrogens (primary N) is 1. The number of rotatable bonds is 7. The zero-order valence-corrected chi connectivity index (χ0v) is 10.8. The highest BCUT2D eigenvalue weighted by atomic mass is 16.3. The van der Waals surface area contributed by atoms with Crippen LogP contribution >= 0.6 is 0 Å². The number of hydrogen-bond donors (Lipinski definition) is 3. The van der Waals surface area contributed by atoms with E-state index in [2.05, 4.69) is 26.1 Å². The van der Waals surface area contributed by atoms with Crippen molar-refractivity contribution in [3.63, 3.8) is 0 Å². The van der Waals surface area contributed by atoms with Crippen molar-refractivity contribution < 1.29 is 9.90 Å². The normalized spacial score (nSPS) is 13.6. The van der Waals surface area contributed by atoms with Crippen LogP contribution in [0.4, 0.5) is 0 Å². The molecular formula is C12H26N2O2. The van der Waals surface area contributed by atoms with Crippen molar-refractivity contribution >= 4 is 5.91 Å². The van der Waals surface area contributed by atoms with Crippen molar-refractivity contribution in [1.82, 2.24) is 5.32 Å². The number of nitrogens with one attached hydrogen (secondary N) is 1. The summed E-state index contributed by atoms with van der Waals surface area (Å²) in [6, 6.07) is 0.0304. The molecule has 0 aliphatic carbocycles. The summed E-state index contributed by atoms with van der Waals surface area (Å²) >= 11 is 0. The molecule has 0 saturated heterocycles. The summed E-state index contributed by atoms with van der Waals surface area (Å²) in [5.41, 5.74) is 5.35. The predicted molar refractivity (Wildman–Crippen MR) is 66.0 cm³/mol. The van der Waals surface area contributed by atoms with E-state index in [0.717, 1.165) is 12.8 Å². The maximum absolute atomic E-state index is 11.6. The Morgan fingerprint density at radius 1 is 1.38 bits per heavy atom. The van der Waals surface area contributed by atoms with Crippen LogP contribution in [-0.2, 0) is 4.79 Å². The molecule has 0 rings (SSSR count).